The fourth-order valence-corrected chi connectivity index (χ4v) is 10.8. The lowest BCUT2D eigenvalue weighted by Crippen LogP contribution is -2.61. The van der Waals surface area contributed by atoms with Crippen molar-refractivity contribution < 1.29 is 0 Å². The lowest BCUT2D eigenvalue weighted by Gasteiger charge is -2.45. The quantitative estimate of drug-likeness (QED) is 0.163. The zero-order valence-electron chi connectivity index (χ0n) is 42.1. The van der Waals surface area contributed by atoms with Crippen LogP contribution in [0.2, 0.25) is 0 Å². The Bertz CT molecular complexity index is 3240. The number of fused-ring (bicyclic) bond motifs is 7. The van der Waals surface area contributed by atoms with Crippen LogP contribution < -0.4 is 26.2 Å². The number of rotatable bonds is 4. The summed E-state index contributed by atoms with van der Waals surface area (Å²) in [5.74, 6) is 0. The number of para-hydroxylation sites is 4. The molecule has 0 atom stereocenters. The molecule has 0 unspecified atom stereocenters. The summed E-state index contributed by atoms with van der Waals surface area (Å²) < 4.78 is 2.41. The average molecular weight is 886 g/mol. The zero-order chi connectivity index (χ0) is 47.7. The maximum absolute atomic E-state index is 2.61. The van der Waals surface area contributed by atoms with Gasteiger partial charge in [0.05, 0.1) is 11.0 Å². The molecule has 1 aromatic heterocycles. The highest BCUT2D eigenvalue weighted by Crippen LogP contribution is 2.49. The maximum Gasteiger partial charge on any atom is 0.252 e. The number of hydrogen-bond donors (Lipinski definition) is 0. The van der Waals surface area contributed by atoms with Gasteiger partial charge in [-0.05, 0) is 150 Å². The highest BCUT2D eigenvalue weighted by Gasteiger charge is 2.44. The van der Waals surface area contributed by atoms with Crippen LogP contribution in [0.4, 0.5) is 34.1 Å². The van der Waals surface area contributed by atoms with Crippen LogP contribution in [-0.4, -0.2) is 11.3 Å². The Labute approximate surface area is 405 Å². The van der Waals surface area contributed by atoms with E-state index in [2.05, 4.69) is 267 Å². The van der Waals surface area contributed by atoms with Gasteiger partial charge < -0.3 is 14.4 Å². The van der Waals surface area contributed by atoms with Crippen LogP contribution >= 0.6 is 0 Å². The molecule has 2 aliphatic heterocycles. The van der Waals surface area contributed by atoms with Crippen LogP contribution in [0, 0.1) is 0 Å². The normalized spacial score (nSPS) is 13.8. The summed E-state index contributed by atoms with van der Waals surface area (Å²) in [6.45, 7) is 28.2. The molecule has 4 heteroatoms. The third-order valence-electron chi connectivity index (χ3n) is 14.7. The molecule has 0 bridgehead atoms. The first-order valence-corrected chi connectivity index (χ1v) is 24.6. The summed E-state index contributed by atoms with van der Waals surface area (Å²) in [6, 6.07) is 65.0. The standard InChI is InChI=1S/C64H64BN3/c1-61(2,3)43-35-44(62(4,5)6)38-48(37-43)67-56-28-20-17-25-52(56)65-53-26-18-21-29-57(53)68(49-39-45(63(7,8)9)36-46(40-49)64(10,11)12)59-34-42(33-58(67)60(59)65)41-30-31-55-51(32-41)50-24-16-19-27-54(50)66(55)47-22-14-13-15-23-47/h13-40H,1-12H3. The molecule has 0 radical (unpaired) electrons. The molecule has 0 saturated heterocycles. The number of nitrogens with zero attached hydrogens (tertiary/aromatic N) is 3. The van der Waals surface area contributed by atoms with Crippen molar-refractivity contribution in [3.8, 4) is 16.8 Å². The van der Waals surface area contributed by atoms with Crippen LogP contribution in [0.5, 0.6) is 0 Å². The topological polar surface area (TPSA) is 11.4 Å². The largest absolute Gasteiger partial charge is 0.311 e. The number of benzene rings is 8. The first-order chi connectivity index (χ1) is 32.3. The van der Waals surface area contributed by atoms with E-state index in [1.807, 2.05) is 0 Å². The molecule has 3 heterocycles. The third-order valence-corrected chi connectivity index (χ3v) is 14.7. The van der Waals surface area contributed by atoms with Crippen molar-refractivity contribution in [1.29, 1.82) is 0 Å². The van der Waals surface area contributed by atoms with Crippen LogP contribution in [0.25, 0.3) is 38.6 Å². The van der Waals surface area contributed by atoms with Gasteiger partial charge in [0.1, 0.15) is 0 Å². The molecular formula is C64H64BN3. The molecule has 8 aromatic carbocycles. The van der Waals surface area contributed by atoms with Gasteiger partial charge in [-0.1, -0.05) is 174 Å². The first kappa shape index (κ1) is 43.8. The second-order valence-corrected chi connectivity index (χ2v) is 23.6. The third kappa shape index (κ3) is 7.18. The predicted molar refractivity (Wildman–Crippen MR) is 295 cm³/mol. The van der Waals surface area contributed by atoms with Crippen molar-refractivity contribution in [2.75, 3.05) is 9.80 Å². The van der Waals surface area contributed by atoms with Crippen LogP contribution in [0.15, 0.2) is 170 Å². The van der Waals surface area contributed by atoms with E-state index < -0.39 is 0 Å². The van der Waals surface area contributed by atoms with E-state index in [9.17, 15) is 0 Å². The molecule has 68 heavy (non-hydrogen) atoms. The van der Waals surface area contributed by atoms with Gasteiger partial charge in [-0.2, -0.15) is 0 Å². The lowest BCUT2D eigenvalue weighted by atomic mass is 9.33. The van der Waals surface area contributed by atoms with E-state index in [1.54, 1.807) is 0 Å². The van der Waals surface area contributed by atoms with Crippen molar-refractivity contribution in [3.63, 3.8) is 0 Å². The summed E-state index contributed by atoms with van der Waals surface area (Å²) in [4.78, 5) is 5.22. The van der Waals surface area contributed by atoms with Gasteiger partial charge >= 0.3 is 0 Å². The molecule has 11 rings (SSSR count). The highest BCUT2D eigenvalue weighted by atomic mass is 15.2. The first-order valence-electron chi connectivity index (χ1n) is 24.6. The molecule has 0 aliphatic carbocycles. The van der Waals surface area contributed by atoms with Crippen molar-refractivity contribution >= 4 is 79.0 Å². The fraction of sp³-hybridized carbons (Fsp3) is 0.250. The lowest BCUT2D eigenvalue weighted by molar-refractivity contribution is 0.568. The van der Waals surface area contributed by atoms with Gasteiger partial charge in [0, 0.05) is 50.6 Å². The van der Waals surface area contributed by atoms with Crippen molar-refractivity contribution in [2.45, 2.75) is 105 Å². The van der Waals surface area contributed by atoms with E-state index in [1.165, 1.54) is 111 Å². The van der Waals surface area contributed by atoms with E-state index in [0.29, 0.717) is 0 Å². The molecule has 0 N–H and O–H groups in total. The Morgan fingerprint density at radius 3 is 1.24 bits per heavy atom. The molecule has 0 amide bonds. The fourth-order valence-electron chi connectivity index (χ4n) is 10.8. The van der Waals surface area contributed by atoms with Gasteiger partial charge in [0.15, 0.2) is 0 Å². The van der Waals surface area contributed by atoms with Crippen molar-refractivity contribution in [1.82, 2.24) is 4.57 Å². The molecule has 9 aromatic rings. The summed E-state index contributed by atoms with van der Waals surface area (Å²) in [6.07, 6.45) is 0. The summed E-state index contributed by atoms with van der Waals surface area (Å²) in [7, 11) is 0. The predicted octanol–water partition coefficient (Wildman–Crippen LogP) is 15.7. The van der Waals surface area contributed by atoms with Crippen LogP contribution in [0.3, 0.4) is 0 Å². The van der Waals surface area contributed by atoms with Crippen LogP contribution in [0.1, 0.15) is 105 Å². The Hall–Kier alpha value is -6.78. The smallest absolute Gasteiger partial charge is 0.252 e. The van der Waals surface area contributed by atoms with Gasteiger partial charge in [0.2, 0.25) is 0 Å². The van der Waals surface area contributed by atoms with Gasteiger partial charge in [-0.25, -0.2) is 0 Å². The van der Waals surface area contributed by atoms with Crippen LogP contribution in [-0.2, 0) is 21.7 Å². The van der Waals surface area contributed by atoms with Gasteiger partial charge in [-0.15, -0.1) is 0 Å². The minimum absolute atomic E-state index is 0.0287. The minimum Gasteiger partial charge on any atom is -0.311 e. The number of aromatic nitrogens is 1. The number of anilines is 6. The molecular weight excluding hydrogens is 822 g/mol. The molecule has 0 spiro atoms. The minimum atomic E-state index is -0.0535. The Kier molecular flexibility index (Phi) is 9.90. The zero-order valence-corrected chi connectivity index (χ0v) is 42.1. The highest BCUT2D eigenvalue weighted by molar-refractivity contribution is 7.00. The van der Waals surface area contributed by atoms with Gasteiger partial charge in [0.25, 0.3) is 6.71 Å². The molecule has 2 aliphatic rings. The summed E-state index contributed by atoms with van der Waals surface area (Å²) in [5.41, 5.74) is 22.4. The Balaban J connectivity index is 1.26. The van der Waals surface area contributed by atoms with Crippen molar-refractivity contribution in [2.24, 2.45) is 0 Å². The van der Waals surface area contributed by atoms with E-state index in [4.69, 9.17) is 0 Å². The second-order valence-electron chi connectivity index (χ2n) is 23.6. The Morgan fingerprint density at radius 1 is 0.324 bits per heavy atom. The van der Waals surface area contributed by atoms with Crippen molar-refractivity contribution in [3.05, 3.63) is 192 Å². The molecule has 0 saturated carbocycles. The monoisotopic (exact) mass is 886 g/mol. The SMILES string of the molecule is CC(C)(C)c1cc(N2c3ccccc3B3c4ccccc4N(c4cc(C(C)(C)C)cc(C(C)(C)C)c4)c4cc(-c5ccc6c(c5)c5ccccc5n6-c5ccccc5)cc2c43)cc(C(C)(C)C)c1. The summed E-state index contributed by atoms with van der Waals surface area (Å²) in [5, 5.41) is 2.50. The molecule has 338 valence electrons. The Morgan fingerprint density at radius 2 is 0.750 bits per heavy atom. The maximum atomic E-state index is 2.61. The summed E-state index contributed by atoms with van der Waals surface area (Å²) >= 11 is 0. The van der Waals surface area contributed by atoms with E-state index in [0.717, 1.165) is 0 Å². The molecule has 3 nitrogen and oxygen atoms in total. The van der Waals surface area contributed by atoms with E-state index >= 15 is 0 Å². The average Bonchev–Trinajstić information content (AvgIpc) is 3.64. The van der Waals surface area contributed by atoms with Gasteiger partial charge in [-0.3, -0.25) is 0 Å². The molecule has 0 fully saturated rings. The second kappa shape index (κ2) is 15.4. The number of hydrogen-bond acceptors (Lipinski definition) is 2. The van der Waals surface area contributed by atoms with E-state index in [-0.39, 0.29) is 28.4 Å².